The molecule has 3 heteroatoms. The molecule has 0 saturated carbocycles. The van der Waals surface area contributed by atoms with Crippen LogP contribution in [0, 0.1) is 6.92 Å². The summed E-state index contributed by atoms with van der Waals surface area (Å²) in [5.41, 5.74) is 5.70. The van der Waals surface area contributed by atoms with Crippen LogP contribution < -0.4 is 5.01 Å². The van der Waals surface area contributed by atoms with Gasteiger partial charge in [-0.2, -0.15) is 5.10 Å². The maximum Gasteiger partial charge on any atom is 0.0666 e. The molecule has 0 bridgehead atoms. The fourth-order valence-corrected chi connectivity index (χ4v) is 3.15. The number of nitrogens with zero attached hydrogens (tertiary/aromatic N) is 2. The second kappa shape index (κ2) is 7.28. The van der Waals surface area contributed by atoms with Crippen LogP contribution in [-0.2, 0) is 6.54 Å². The van der Waals surface area contributed by atoms with Gasteiger partial charge in [0, 0.05) is 22.2 Å². The summed E-state index contributed by atoms with van der Waals surface area (Å²) in [5, 5.41) is 8.07. The average Bonchev–Trinajstić information content (AvgIpc) is 3.02. The number of anilines is 1. The van der Waals surface area contributed by atoms with Crippen molar-refractivity contribution in [3.63, 3.8) is 0 Å². The number of rotatable bonds is 5. The summed E-state index contributed by atoms with van der Waals surface area (Å²) in [6, 6.07) is 29.0. The van der Waals surface area contributed by atoms with E-state index in [1.807, 2.05) is 41.6 Å². The minimum atomic E-state index is 0.725. The average molecular weight is 339 g/mol. The highest BCUT2D eigenvalue weighted by molar-refractivity contribution is 6.00. The monoisotopic (exact) mass is 339 g/mol. The van der Waals surface area contributed by atoms with Gasteiger partial charge in [-0.1, -0.05) is 66.7 Å². The van der Waals surface area contributed by atoms with Crippen LogP contribution in [0.15, 0.2) is 90.0 Å². The molecule has 0 saturated heterocycles. The Balaban J connectivity index is 1.70. The topological polar surface area (TPSA) is 31.4 Å². The number of aromatic amines is 1. The standard InChI is InChI=1S/C23H21N3/c1-18-22(21-14-8-9-15-23(21)25-18)16-24-26(20-12-6-3-7-13-20)17-19-10-4-2-5-11-19/h2-16,25H,17H2,1H3. The Morgan fingerprint density at radius 2 is 1.50 bits per heavy atom. The van der Waals surface area contributed by atoms with Crippen molar-refractivity contribution in [2.24, 2.45) is 5.10 Å². The first-order valence-electron chi connectivity index (χ1n) is 8.79. The molecule has 26 heavy (non-hydrogen) atoms. The van der Waals surface area contributed by atoms with Gasteiger partial charge in [-0.05, 0) is 30.7 Å². The zero-order valence-corrected chi connectivity index (χ0v) is 14.8. The van der Waals surface area contributed by atoms with Crippen LogP contribution in [0.25, 0.3) is 10.9 Å². The van der Waals surface area contributed by atoms with Crippen LogP contribution in [0.3, 0.4) is 0 Å². The number of benzene rings is 3. The number of para-hydroxylation sites is 2. The van der Waals surface area contributed by atoms with Gasteiger partial charge in [-0.25, -0.2) is 0 Å². The SMILES string of the molecule is Cc1[nH]c2ccccc2c1C=NN(Cc1ccccc1)c1ccccc1. The highest BCUT2D eigenvalue weighted by Gasteiger charge is 2.08. The van der Waals surface area contributed by atoms with Gasteiger partial charge in [0.05, 0.1) is 18.4 Å². The van der Waals surface area contributed by atoms with Gasteiger partial charge >= 0.3 is 0 Å². The molecule has 0 spiro atoms. The number of H-pyrrole nitrogens is 1. The first-order chi connectivity index (χ1) is 12.8. The van der Waals surface area contributed by atoms with Crippen molar-refractivity contribution in [1.82, 2.24) is 4.98 Å². The molecule has 4 rings (SSSR count). The normalized spacial score (nSPS) is 11.3. The summed E-state index contributed by atoms with van der Waals surface area (Å²) < 4.78 is 0. The molecule has 128 valence electrons. The lowest BCUT2D eigenvalue weighted by Gasteiger charge is -2.19. The van der Waals surface area contributed by atoms with E-state index in [1.165, 1.54) is 10.9 Å². The van der Waals surface area contributed by atoms with E-state index >= 15 is 0 Å². The van der Waals surface area contributed by atoms with Crippen molar-refractivity contribution >= 4 is 22.8 Å². The van der Waals surface area contributed by atoms with Crippen molar-refractivity contribution in [2.45, 2.75) is 13.5 Å². The van der Waals surface area contributed by atoms with Gasteiger partial charge in [-0.15, -0.1) is 0 Å². The third-order valence-corrected chi connectivity index (χ3v) is 4.50. The third-order valence-electron chi connectivity index (χ3n) is 4.50. The van der Waals surface area contributed by atoms with E-state index < -0.39 is 0 Å². The summed E-state index contributed by atoms with van der Waals surface area (Å²) in [5.74, 6) is 0. The molecule has 0 amide bonds. The maximum absolute atomic E-state index is 4.83. The highest BCUT2D eigenvalue weighted by atomic mass is 15.4. The predicted octanol–water partition coefficient (Wildman–Crippen LogP) is 5.52. The Morgan fingerprint density at radius 1 is 0.846 bits per heavy atom. The number of fused-ring (bicyclic) bond motifs is 1. The lowest BCUT2D eigenvalue weighted by Crippen LogP contribution is -2.16. The number of aromatic nitrogens is 1. The van der Waals surface area contributed by atoms with Crippen molar-refractivity contribution in [2.75, 3.05) is 5.01 Å². The second-order valence-electron chi connectivity index (χ2n) is 6.33. The first kappa shape index (κ1) is 16.2. The number of hydrogen-bond acceptors (Lipinski definition) is 2. The Labute approximate surface area is 153 Å². The number of hydrazone groups is 1. The Kier molecular flexibility index (Phi) is 4.52. The molecule has 0 fully saturated rings. The van der Waals surface area contributed by atoms with E-state index in [4.69, 9.17) is 5.10 Å². The van der Waals surface area contributed by atoms with Crippen LogP contribution >= 0.6 is 0 Å². The molecular formula is C23H21N3. The van der Waals surface area contributed by atoms with Gasteiger partial charge in [0.2, 0.25) is 0 Å². The highest BCUT2D eigenvalue weighted by Crippen LogP contribution is 2.22. The minimum Gasteiger partial charge on any atom is -0.358 e. The Hall–Kier alpha value is -3.33. The zero-order valence-electron chi connectivity index (χ0n) is 14.8. The first-order valence-corrected chi connectivity index (χ1v) is 8.79. The summed E-state index contributed by atoms with van der Waals surface area (Å²) in [4.78, 5) is 3.43. The molecule has 1 N–H and O–H groups in total. The summed E-state index contributed by atoms with van der Waals surface area (Å²) >= 11 is 0. The molecule has 4 aromatic rings. The van der Waals surface area contributed by atoms with E-state index in [0.29, 0.717) is 0 Å². The molecule has 0 aliphatic carbocycles. The smallest absolute Gasteiger partial charge is 0.0666 e. The van der Waals surface area contributed by atoms with Crippen LogP contribution in [0.1, 0.15) is 16.8 Å². The molecular weight excluding hydrogens is 318 g/mol. The van der Waals surface area contributed by atoms with E-state index in [2.05, 4.69) is 66.5 Å². The number of aryl methyl sites for hydroxylation is 1. The van der Waals surface area contributed by atoms with Gasteiger partial charge in [0.25, 0.3) is 0 Å². The zero-order chi connectivity index (χ0) is 17.8. The van der Waals surface area contributed by atoms with E-state index in [-0.39, 0.29) is 0 Å². The van der Waals surface area contributed by atoms with Gasteiger partial charge in [-0.3, -0.25) is 5.01 Å². The van der Waals surface area contributed by atoms with E-state index in [1.54, 1.807) is 0 Å². The molecule has 1 heterocycles. The molecule has 3 aromatic carbocycles. The summed E-state index contributed by atoms with van der Waals surface area (Å²) in [7, 11) is 0. The molecule has 0 atom stereocenters. The van der Waals surface area contributed by atoms with Crippen LogP contribution in [-0.4, -0.2) is 11.2 Å². The van der Waals surface area contributed by atoms with Crippen molar-refractivity contribution < 1.29 is 0 Å². The maximum atomic E-state index is 4.83. The molecule has 0 aliphatic rings. The molecule has 1 aromatic heterocycles. The molecule has 0 radical (unpaired) electrons. The van der Waals surface area contributed by atoms with Crippen LogP contribution in [0.5, 0.6) is 0 Å². The van der Waals surface area contributed by atoms with E-state index in [0.717, 1.165) is 29.0 Å². The Bertz CT molecular complexity index is 1020. The summed E-state index contributed by atoms with van der Waals surface area (Å²) in [6.07, 6.45) is 1.96. The number of nitrogens with one attached hydrogen (secondary N) is 1. The van der Waals surface area contributed by atoms with Gasteiger partial charge in [0.15, 0.2) is 0 Å². The molecule has 3 nitrogen and oxygen atoms in total. The van der Waals surface area contributed by atoms with Crippen molar-refractivity contribution in [3.05, 3.63) is 102 Å². The van der Waals surface area contributed by atoms with Crippen LogP contribution in [0.4, 0.5) is 5.69 Å². The quantitative estimate of drug-likeness (QED) is 0.377. The lowest BCUT2D eigenvalue weighted by atomic mass is 10.1. The molecule has 0 unspecified atom stereocenters. The minimum absolute atomic E-state index is 0.725. The molecule has 0 aliphatic heterocycles. The predicted molar refractivity (Wildman–Crippen MR) is 110 cm³/mol. The van der Waals surface area contributed by atoms with Gasteiger partial charge in [0.1, 0.15) is 0 Å². The third kappa shape index (κ3) is 3.38. The largest absolute Gasteiger partial charge is 0.358 e. The van der Waals surface area contributed by atoms with Crippen molar-refractivity contribution in [3.8, 4) is 0 Å². The fraction of sp³-hybridized carbons (Fsp3) is 0.0870. The lowest BCUT2D eigenvalue weighted by molar-refractivity contribution is 0.858. The van der Waals surface area contributed by atoms with Crippen molar-refractivity contribution in [1.29, 1.82) is 0 Å². The fourth-order valence-electron chi connectivity index (χ4n) is 3.15. The van der Waals surface area contributed by atoms with Gasteiger partial charge < -0.3 is 4.98 Å². The Morgan fingerprint density at radius 3 is 2.27 bits per heavy atom. The number of hydrogen-bond donors (Lipinski definition) is 1. The second-order valence-corrected chi connectivity index (χ2v) is 6.33. The van der Waals surface area contributed by atoms with Crippen LogP contribution in [0.2, 0.25) is 0 Å². The van der Waals surface area contributed by atoms with E-state index in [9.17, 15) is 0 Å². The summed E-state index contributed by atoms with van der Waals surface area (Å²) in [6.45, 7) is 2.81.